The number of nitrogens with zero attached hydrogens (tertiary/aromatic N) is 3. The van der Waals surface area contributed by atoms with E-state index in [0.717, 1.165) is 31.4 Å². The van der Waals surface area contributed by atoms with Crippen molar-refractivity contribution in [1.82, 2.24) is 19.0 Å². The van der Waals surface area contributed by atoms with Gasteiger partial charge >= 0.3 is 0 Å². The summed E-state index contributed by atoms with van der Waals surface area (Å²) in [5, 5.41) is 3.24. The van der Waals surface area contributed by atoms with E-state index in [9.17, 15) is 4.79 Å². The van der Waals surface area contributed by atoms with Crippen LogP contribution in [0.25, 0.3) is 0 Å². The van der Waals surface area contributed by atoms with E-state index in [0.29, 0.717) is 5.69 Å². The third-order valence-electron chi connectivity index (χ3n) is 2.34. The average molecular weight is 249 g/mol. The van der Waals surface area contributed by atoms with Gasteiger partial charge in [-0.05, 0) is 6.92 Å². The van der Waals surface area contributed by atoms with Crippen LogP contribution in [0.3, 0.4) is 0 Å². The Kier molecular flexibility index (Phi) is 4.44. The lowest BCUT2D eigenvalue weighted by atomic mass is 10.2. The summed E-state index contributed by atoms with van der Waals surface area (Å²) in [5.74, 6) is -0.00671. The Morgan fingerprint density at radius 2 is 2.53 bits per heavy atom. The van der Waals surface area contributed by atoms with Crippen LogP contribution in [0.15, 0.2) is 6.20 Å². The number of amides is 1. The highest BCUT2D eigenvalue weighted by Crippen LogP contribution is 2.08. The molecule has 5 nitrogen and oxygen atoms in total. The Balaban J connectivity index is 0.00000112. The zero-order chi connectivity index (χ0) is 9.97. The topological polar surface area (TPSA) is 58.1 Å². The van der Waals surface area contributed by atoms with Gasteiger partial charge in [-0.15, -0.1) is 12.4 Å². The molecule has 1 N–H and O–H groups in total. The molecule has 1 amide bonds. The van der Waals surface area contributed by atoms with Crippen molar-refractivity contribution in [2.75, 3.05) is 19.6 Å². The maximum atomic E-state index is 11.9. The standard InChI is InChI=1S/C8H12N4OS.ClH/c1-6-4-9-2-3-12(6)8(13)7-5-10-14-11-7;/h5-6,9H,2-4H2,1H3;1H/t6-;/m1./s1. The Bertz CT molecular complexity index is 318. The molecule has 0 unspecified atom stereocenters. The molecule has 0 saturated carbocycles. The highest BCUT2D eigenvalue weighted by Gasteiger charge is 2.25. The van der Waals surface area contributed by atoms with Gasteiger partial charge < -0.3 is 10.2 Å². The van der Waals surface area contributed by atoms with Crippen LogP contribution in [0, 0.1) is 0 Å². The zero-order valence-electron chi connectivity index (χ0n) is 8.34. The van der Waals surface area contributed by atoms with Gasteiger partial charge in [0.1, 0.15) is 0 Å². The number of halogens is 1. The largest absolute Gasteiger partial charge is 0.332 e. The van der Waals surface area contributed by atoms with Gasteiger partial charge in [0.05, 0.1) is 17.9 Å². The van der Waals surface area contributed by atoms with E-state index in [4.69, 9.17) is 0 Å². The Morgan fingerprint density at radius 3 is 3.13 bits per heavy atom. The van der Waals surface area contributed by atoms with E-state index in [1.54, 1.807) is 0 Å². The summed E-state index contributed by atoms with van der Waals surface area (Å²) in [6, 6.07) is 0.234. The van der Waals surface area contributed by atoms with Crippen molar-refractivity contribution in [1.29, 1.82) is 0 Å². The highest BCUT2D eigenvalue weighted by atomic mass is 35.5. The molecule has 7 heteroatoms. The van der Waals surface area contributed by atoms with Crippen LogP contribution in [0.1, 0.15) is 17.4 Å². The summed E-state index contributed by atoms with van der Waals surface area (Å²) in [6.45, 7) is 4.48. The van der Waals surface area contributed by atoms with E-state index in [1.807, 2.05) is 11.8 Å². The smallest absolute Gasteiger partial charge is 0.275 e. The van der Waals surface area contributed by atoms with Gasteiger partial charge in [0.2, 0.25) is 0 Å². The minimum Gasteiger partial charge on any atom is -0.332 e. The fourth-order valence-corrected chi connectivity index (χ4v) is 1.96. The molecular formula is C8H13ClN4OS. The first-order valence-electron chi connectivity index (χ1n) is 4.58. The summed E-state index contributed by atoms with van der Waals surface area (Å²) in [5.41, 5.74) is 0.462. The van der Waals surface area contributed by atoms with Crippen molar-refractivity contribution >= 4 is 30.0 Å². The molecule has 1 aliphatic rings. The lowest BCUT2D eigenvalue weighted by Crippen LogP contribution is -2.52. The van der Waals surface area contributed by atoms with Crippen LogP contribution in [-0.4, -0.2) is 45.2 Å². The number of hydrogen-bond acceptors (Lipinski definition) is 5. The normalized spacial score (nSPS) is 20.9. The number of hydrogen-bond donors (Lipinski definition) is 1. The SMILES string of the molecule is C[C@@H]1CNCCN1C(=O)c1cnsn1.Cl. The Morgan fingerprint density at radius 1 is 1.73 bits per heavy atom. The van der Waals surface area contributed by atoms with E-state index in [2.05, 4.69) is 14.1 Å². The lowest BCUT2D eigenvalue weighted by molar-refractivity contribution is 0.0651. The number of aromatic nitrogens is 2. The minimum atomic E-state index is -0.00671. The molecule has 1 aliphatic heterocycles. The fourth-order valence-electron chi connectivity index (χ4n) is 1.55. The third-order valence-corrected chi connectivity index (χ3v) is 2.82. The van der Waals surface area contributed by atoms with Gasteiger partial charge in [0.15, 0.2) is 5.69 Å². The van der Waals surface area contributed by atoms with Crippen LogP contribution in [0.2, 0.25) is 0 Å². The van der Waals surface area contributed by atoms with Gasteiger partial charge in [-0.25, -0.2) is 0 Å². The first-order chi connectivity index (χ1) is 6.79. The molecule has 2 heterocycles. The molecule has 1 fully saturated rings. The molecule has 1 aromatic heterocycles. The Hall–Kier alpha value is -0.720. The predicted octanol–water partition coefficient (Wildman–Crippen LogP) is 0.394. The van der Waals surface area contributed by atoms with Crippen LogP contribution < -0.4 is 5.32 Å². The summed E-state index contributed by atoms with van der Waals surface area (Å²) >= 11 is 1.07. The maximum absolute atomic E-state index is 11.9. The van der Waals surface area contributed by atoms with Gasteiger partial charge in [-0.2, -0.15) is 8.75 Å². The maximum Gasteiger partial charge on any atom is 0.275 e. The molecule has 1 saturated heterocycles. The molecule has 0 radical (unpaired) electrons. The van der Waals surface area contributed by atoms with Crippen molar-refractivity contribution in [2.24, 2.45) is 0 Å². The second-order valence-corrected chi connectivity index (χ2v) is 3.90. The fraction of sp³-hybridized carbons (Fsp3) is 0.625. The summed E-state index contributed by atoms with van der Waals surface area (Å²) in [6.07, 6.45) is 1.53. The van der Waals surface area contributed by atoms with Gasteiger partial charge in [-0.1, -0.05) is 0 Å². The van der Waals surface area contributed by atoms with Crippen molar-refractivity contribution in [3.63, 3.8) is 0 Å². The van der Waals surface area contributed by atoms with Crippen LogP contribution in [0.4, 0.5) is 0 Å². The van der Waals surface area contributed by atoms with E-state index >= 15 is 0 Å². The minimum absolute atomic E-state index is 0. The third kappa shape index (κ3) is 2.64. The Labute approximate surface area is 98.6 Å². The molecule has 0 aliphatic carbocycles. The lowest BCUT2D eigenvalue weighted by Gasteiger charge is -2.33. The summed E-state index contributed by atoms with van der Waals surface area (Å²) < 4.78 is 7.78. The second-order valence-electron chi connectivity index (χ2n) is 3.34. The highest BCUT2D eigenvalue weighted by molar-refractivity contribution is 6.99. The van der Waals surface area contributed by atoms with Gasteiger partial charge in [0.25, 0.3) is 5.91 Å². The van der Waals surface area contributed by atoms with Crippen molar-refractivity contribution < 1.29 is 4.79 Å². The van der Waals surface area contributed by atoms with Crippen molar-refractivity contribution in [3.05, 3.63) is 11.9 Å². The average Bonchev–Trinajstić information content (AvgIpc) is 2.70. The first-order valence-corrected chi connectivity index (χ1v) is 5.31. The molecule has 15 heavy (non-hydrogen) atoms. The molecule has 84 valence electrons. The molecule has 0 aromatic carbocycles. The van der Waals surface area contributed by atoms with Crippen molar-refractivity contribution in [3.8, 4) is 0 Å². The quantitative estimate of drug-likeness (QED) is 0.782. The second kappa shape index (κ2) is 5.39. The molecule has 0 spiro atoms. The van der Waals surface area contributed by atoms with Crippen LogP contribution in [0.5, 0.6) is 0 Å². The number of nitrogens with one attached hydrogen (secondary N) is 1. The molecule has 1 atom stereocenters. The number of piperazine rings is 1. The van der Waals surface area contributed by atoms with Crippen LogP contribution in [-0.2, 0) is 0 Å². The molecule has 2 rings (SSSR count). The van der Waals surface area contributed by atoms with E-state index in [1.165, 1.54) is 6.20 Å². The van der Waals surface area contributed by atoms with Crippen molar-refractivity contribution in [2.45, 2.75) is 13.0 Å². The van der Waals surface area contributed by atoms with E-state index < -0.39 is 0 Å². The molecule has 1 aromatic rings. The van der Waals surface area contributed by atoms with Gasteiger partial charge in [0, 0.05) is 25.7 Å². The molecular weight excluding hydrogens is 236 g/mol. The number of carbonyl (C=O) groups excluding carboxylic acids is 1. The summed E-state index contributed by atoms with van der Waals surface area (Å²) in [7, 11) is 0. The zero-order valence-corrected chi connectivity index (χ0v) is 9.98. The summed E-state index contributed by atoms with van der Waals surface area (Å²) in [4.78, 5) is 13.7. The monoisotopic (exact) mass is 248 g/mol. The van der Waals surface area contributed by atoms with Gasteiger partial charge in [-0.3, -0.25) is 4.79 Å². The van der Waals surface area contributed by atoms with E-state index in [-0.39, 0.29) is 24.4 Å². The predicted molar refractivity (Wildman–Crippen MR) is 60.5 cm³/mol. The van der Waals surface area contributed by atoms with Crippen LogP contribution >= 0.6 is 24.1 Å². The number of rotatable bonds is 1. The number of carbonyl (C=O) groups is 1. The first kappa shape index (κ1) is 12.4. The molecule has 0 bridgehead atoms.